The van der Waals surface area contributed by atoms with E-state index in [1.807, 2.05) is 19.2 Å². The molecule has 0 bridgehead atoms. The van der Waals surface area contributed by atoms with Gasteiger partial charge >= 0.3 is 0 Å². The van der Waals surface area contributed by atoms with Gasteiger partial charge in [-0.2, -0.15) is 0 Å². The number of aromatic hydroxyl groups is 1. The molecular weight excluding hydrogens is 162 g/mol. The predicted molar refractivity (Wildman–Crippen MR) is 56.4 cm³/mol. The van der Waals surface area contributed by atoms with Gasteiger partial charge in [0.1, 0.15) is 5.75 Å². The van der Waals surface area contributed by atoms with Gasteiger partial charge in [-0.15, -0.1) is 0 Å². The molecule has 2 N–H and O–H groups in total. The topological polar surface area (TPSA) is 32.3 Å². The van der Waals surface area contributed by atoms with Crippen molar-refractivity contribution < 1.29 is 5.11 Å². The second-order valence-electron chi connectivity index (χ2n) is 4.23. The quantitative estimate of drug-likeness (QED) is 0.694. The molecule has 0 radical (unpaired) electrons. The lowest BCUT2D eigenvalue weighted by Gasteiger charge is -2.20. The zero-order chi connectivity index (χ0) is 10.1. The molecule has 2 nitrogen and oxygen atoms in total. The fourth-order valence-corrected chi connectivity index (χ4v) is 1.32. The third kappa shape index (κ3) is 2.14. The second kappa shape index (κ2) is 3.29. The molecule has 13 heavy (non-hydrogen) atoms. The van der Waals surface area contributed by atoms with Crippen molar-refractivity contribution in [2.75, 3.05) is 12.4 Å². The Morgan fingerprint density at radius 3 is 2.23 bits per heavy atom. The van der Waals surface area contributed by atoms with Crippen LogP contribution >= 0.6 is 0 Å². The van der Waals surface area contributed by atoms with Crippen LogP contribution in [0.15, 0.2) is 18.2 Å². The fraction of sp³-hybridized carbons (Fsp3) is 0.455. The Morgan fingerprint density at radius 1 is 1.23 bits per heavy atom. The molecule has 0 saturated heterocycles. The molecule has 2 heteroatoms. The van der Waals surface area contributed by atoms with Crippen molar-refractivity contribution in [3.8, 4) is 5.75 Å². The van der Waals surface area contributed by atoms with Gasteiger partial charge < -0.3 is 10.4 Å². The number of rotatable bonds is 1. The first-order chi connectivity index (χ1) is 5.95. The van der Waals surface area contributed by atoms with Crippen LogP contribution in [0.2, 0.25) is 0 Å². The molecule has 72 valence electrons. The monoisotopic (exact) mass is 179 g/mol. The molecule has 0 aliphatic rings. The van der Waals surface area contributed by atoms with Crippen molar-refractivity contribution in [3.63, 3.8) is 0 Å². The molecule has 1 aromatic rings. The zero-order valence-corrected chi connectivity index (χ0v) is 8.68. The molecule has 0 saturated carbocycles. The Morgan fingerprint density at radius 2 is 1.85 bits per heavy atom. The maximum Gasteiger partial charge on any atom is 0.121 e. The van der Waals surface area contributed by atoms with E-state index in [0.717, 1.165) is 11.3 Å². The minimum atomic E-state index is -0.00362. The van der Waals surface area contributed by atoms with Crippen LogP contribution in [0.4, 0.5) is 5.69 Å². The average molecular weight is 179 g/mol. The second-order valence-corrected chi connectivity index (χ2v) is 4.23. The molecular formula is C11H17NO. The molecule has 1 rings (SSSR count). The van der Waals surface area contributed by atoms with Crippen LogP contribution in [-0.2, 0) is 5.41 Å². The minimum absolute atomic E-state index is 0.00362. The summed E-state index contributed by atoms with van der Waals surface area (Å²) in [5, 5.41) is 12.7. The highest BCUT2D eigenvalue weighted by Crippen LogP contribution is 2.32. The lowest BCUT2D eigenvalue weighted by Crippen LogP contribution is -2.11. The first-order valence-electron chi connectivity index (χ1n) is 4.46. The van der Waals surface area contributed by atoms with Crippen molar-refractivity contribution in [2.45, 2.75) is 26.2 Å². The molecule has 1 aromatic carbocycles. The molecule has 0 spiro atoms. The SMILES string of the molecule is CNc1ccc(C(C)(C)C)c(O)c1. The van der Waals surface area contributed by atoms with E-state index in [2.05, 4.69) is 26.1 Å². The van der Waals surface area contributed by atoms with Gasteiger partial charge in [0.25, 0.3) is 0 Å². The number of anilines is 1. The van der Waals surface area contributed by atoms with Gasteiger partial charge in [0.15, 0.2) is 0 Å². The van der Waals surface area contributed by atoms with E-state index in [9.17, 15) is 5.11 Å². The Labute approximate surface area is 79.6 Å². The summed E-state index contributed by atoms with van der Waals surface area (Å²) in [6.45, 7) is 6.25. The number of hydrogen-bond donors (Lipinski definition) is 2. The molecule has 0 amide bonds. The first-order valence-corrected chi connectivity index (χ1v) is 4.46. The average Bonchev–Trinajstić information content (AvgIpc) is 2.01. The van der Waals surface area contributed by atoms with Gasteiger partial charge in [-0.25, -0.2) is 0 Å². The van der Waals surface area contributed by atoms with Crippen molar-refractivity contribution >= 4 is 5.69 Å². The van der Waals surface area contributed by atoms with Gasteiger partial charge in [-0.3, -0.25) is 0 Å². The third-order valence-corrected chi connectivity index (χ3v) is 2.09. The summed E-state index contributed by atoms with van der Waals surface area (Å²) in [6, 6.07) is 5.68. The van der Waals surface area contributed by atoms with Crippen LogP contribution in [0.3, 0.4) is 0 Å². The number of phenolic OH excluding ortho intramolecular Hbond substituents is 1. The van der Waals surface area contributed by atoms with Crippen LogP contribution < -0.4 is 5.32 Å². The Bertz CT molecular complexity index is 299. The lowest BCUT2D eigenvalue weighted by molar-refractivity contribution is 0.447. The van der Waals surface area contributed by atoms with Crippen LogP contribution in [0.1, 0.15) is 26.3 Å². The van der Waals surface area contributed by atoms with Crippen molar-refractivity contribution in [1.29, 1.82) is 0 Å². The Hall–Kier alpha value is -1.18. The molecule has 0 aliphatic heterocycles. The largest absolute Gasteiger partial charge is 0.508 e. The van der Waals surface area contributed by atoms with Crippen LogP contribution in [0.5, 0.6) is 5.75 Å². The number of hydrogen-bond acceptors (Lipinski definition) is 2. The number of nitrogens with one attached hydrogen (secondary N) is 1. The standard InChI is InChI=1S/C11H17NO/c1-11(2,3)9-6-5-8(12-4)7-10(9)13/h5-7,12-13H,1-4H3. The van der Waals surface area contributed by atoms with Crippen molar-refractivity contribution in [2.24, 2.45) is 0 Å². The van der Waals surface area contributed by atoms with E-state index in [-0.39, 0.29) is 5.41 Å². The van der Waals surface area contributed by atoms with E-state index in [0.29, 0.717) is 5.75 Å². The fourth-order valence-electron chi connectivity index (χ4n) is 1.32. The normalized spacial score (nSPS) is 11.4. The maximum absolute atomic E-state index is 9.72. The van der Waals surface area contributed by atoms with E-state index < -0.39 is 0 Å². The number of benzene rings is 1. The van der Waals surface area contributed by atoms with Gasteiger partial charge in [0.2, 0.25) is 0 Å². The molecule has 0 atom stereocenters. The molecule has 0 aliphatic carbocycles. The van der Waals surface area contributed by atoms with Gasteiger partial charge in [0.05, 0.1) is 0 Å². The summed E-state index contributed by atoms with van der Waals surface area (Å²) in [5.74, 6) is 0.361. The van der Waals surface area contributed by atoms with Crippen LogP contribution in [0.25, 0.3) is 0 Å². The lowest BCUT2D eigenvalue weighted by atomic mass is 9.86. The molecule has 0 fully saturated rings. The van der Waals surface area contributed by atoms with E-state index >= 15 is 0 Å². The van der Waals surface area contributed by atoms with Crippen LogP contribution in [-0.4, -0.2) is 12.2 Å². The highest BCUT2D eigenvalue weighted by molar-refractivity contribution is 5.52. The molecule has 0 aromatic heterocycles. The van der Waals surface area contributed by atoms with Gasteiger partial charge in [-0.1, -0.05) is 26.8 Å². The minimum Gasteiger partial charge on any atom is -0.508 e. The van der Waals surface area contributed by atoms with E-state index in [1.54, 1.807) is 6.07 Å². The summed E-state index contributed by atoms with van der Waals surface area (Å²) in [6.07, 6.45) is 0. The Kier molecular flexibility index (Phi) is 2.50. The predicted octanol–water partition coefficient (Wildman–Crippen LogP) is 2.73. The summed E-state index contributed by atoms with van der Waals surface area (Å²) in [7, 11) is 1.84. The molecule has 0 heterocycles. The van der Waals surface area contributed by atoms with E-state index in [1.165, 1.54) is 0 Å². The van der Waals surface area contributed by atoms with Gasteiger partial charge in [-0.05, 0) is 17.0 Å². The zero-order valence-electron chi connectivity index (χ0n) is 8.68. The maximum atomic E-state index is 9.72. The first kappa shape index (κ1) is 9.90. The van der Waals surface area contributed by atoms with Gasteiger partial charge in [0, 0.05) is 18.8 Å². The smallest absolute Gasteiger partial charge is 0.121 e. The van der Waals surface area contributed by atoms with E-state index in [4.69, 9.17) is 0 Å². The highest BCUT2D eigenvalue weighted by Gasteiger charge is 2.17. The summed E-state index contributed by atoms with van der Waals surface area (Å²) in [5.41, 5.74) is 1.91. The summed E-state index contributed by atoms with van der Waals surface area (Å²) in [4.78, 5) is 0. The van der Waals surface area contributed by atoms with Crippen molar-refractivity contribution in [3.05, 3.63) is 23.8 Å². The number of phenols is 1. The summed E-state index contributed by atoms with van der Waals surface area (Å²) < 4.78 is 0. The summed E-state index contributed by atoms with van der Waals surface area (Å²) >= 11 is 0. The Balaban J connectivity index is 3.13. The third-order valence-electron chi connectivity index (χ3n) is 2.09. The molecule has 0 unspecified atom stereocenters. The van der Waals surface area contributed by atoms with Crippen molar-refractivity contribution in [1.82, 2.24) is 0 Å². The van der Waals surface area contributed by atoms with Crippen LogP contribution in [0, 0.1) is 0 Å². The highest BCUT2D eigenvalue weighted by atomic mass is 16.3.